The van der Waals surface area contributed by atoms with Gasteiger partial charge in [0.05, 0.1) is 33.2 Å². The molecule has 2 N–H and O–H groups in total. The summed E-state index contributed by atoms with van der Waals surface area (Å²) in [6.07, 6.45) is 0. The van der Waals surface area contributed by atoms with Gasteiger partial charge < -0.3 is 15.1 Å². The summed E-state index contributed by atoms with van der Waals surface area (Å²) < 4.78 is 0.901. The van der Waals surface area contributed by atoms with E-state index < -0.39 is 0 Å². The number of nitrogens with zero attached hydrogens (tertiary/aromatic N) is 1. The van der Waals surface area contributed by atoms with Crippen LogP contribution in [0.25, 0.3) is 0 Å². The maximum atomic E-state index is 12.2. The average Bonchev–Trinajstić information content (AvgIpc) is 2.56. The van der Waals surface area contributed by atoms with Gasteiger partial charge in [0.15, 0.2) is 0 Å². The van der Waals surface area contributed by atoms with Crippen molar-refractivity contribution in [3.05, 3.63) is 58.6 Å². The number of hydrogen-bond acceptors (Lipinski definition) is 2. The molecule has 1 saturated heterocycles. The Morgan fingerprint density at radius 2 is 1.83 bits per heavy atom. The Morgan fingerprint density at radius 3 is 2.48 bits per heavy atom. The van der Waals surface area contributed by atoms with Crippen molar-refractivity contribution in [1.29, 1.82) is 0 Å². The van der Waals surface area contributed by atoms with Gasteiger partial charge in [0.1, 0.15) is 0 Å². The van der Waals surface area contributed by atoms with Crippen LogP contribution >= 0.6 is 15.9 Å². The molecule has 0 bridgehead atoms. The van der Waals surface area contributed by atoms with Crippen LogP contribution in [0.15, 0.2) is 53.0 Å². The molecule has 0 spiro atoms. The van der Waals surface area contributed by atoms with Crippen molar-refractivity contribution in [1.82, 2.24) is 0 Å². The van der Waals surface area contributed by atoms with E-state index in [1.165, 1.54) is 18.8 Å². The van der Waals surface area contributed by atoms with E-state index in [9.17, 15) is 4.79 Å². The molecular formula is C18H21BrN3O+. The van der Waals surface area contributed by atoms with Gasteiger partial charge in [0.25, 0.3) is 5.91 Å². The number of amides is 1. The van der Waals surface area contributed by atoms with Gasteiger partial charge in [-0.1, -0.05) is 22.0 Å². The second kappa shape index (κ2) is 7.15. The van der Waals surface area contributed by atoms with Crippen molar-refractivity contribution in [2.45, 2.75) is 0 Å². The Balaban J connectivity index is 1.64. The molecule has 1 aliphatic rings. The second-order valence-corrected chi connectivity index (χ2v) is 6.87. The number of carbonyl (C=O) groups excluding carboxylic acids is 1. The van der Waals surface area contributed by atoms with Gasteiger partial charge in [-0.15, -0.1) is 0 Å². The van der Waals surface area contributed by atoms with Gasteiger partial charge in [-0.05, 0) is 42.5 Å². The third-order valence-corrected chi connectivity index (χ3v) is 4.69. The molecule has 1 heterocycles. The highest BCUT2D eigenvalue weighted by Crippen LogP contribution is 2.19. The Kier molecular flexibility index (Phi) is 4.98. The maximum absolute atomic E-state index is 12.2. The van der Waals surface area contributed by atoms with E-state index in [0.717, 1.165) is 23.2 Å². The lowest BCUT2D eigenvalue weighted by atomic mass is 10.2. The Hall–Kier alpha value is -1.85. The minimum atomic E-state index is -0.0951. The summed E-state index contributed by atoms with van der Waals surface area (Å²) in [6.45, 7) is 4.49. The molecule has 0 saturated carbocycles. The number of piperazine rings is 1. The molecular weight excluding hydrogens is 354 g/mol. The van der Waals surface area contributed by atoms with E-state index in [2.05, 4.69) is 45.3 Å². The van der Waals surface area contributed by atoms with Crippen LogP contribution in [0.1, 0.15) is 10.4 Å². The van der Waals surface area contributed by atoms with Crippen LogP contribution in [0.5, 0.6) is 0 Å². The topological polar surface area (TPSA) is 36.8 Å². The number of anilines is 2. The lowest BCUT2D eigenvalue weighted by Crippen LogP contribution is -3.12. The molecule has 2 aromatic rings. The largest absolute Gasteiger partial charge is 0.360 e. The zero-order chi connectivity index (χ0) is 16.2. The van der Waals surface area contributed by atoms with Crippen molar-refractivity contribution in [3.63, 3.8) is 0 Å². The summed E-state index contributed by atoms with van der Waals surface area (Å²) in [7, 11) is 2.23. The zero-order valence-electron chi connectivity index (χ0n) is 13.2. The van der Waals surface area contributed by atoms with Crippen LogP contribution in [0.3, 0.4) is 0 Å². The molecule has 120 valence electrons. The van der Waals surface area contributed by atoms with Gasteiger partial charge >= 0.3 is 0 Å². The summed E-state index contributed by atoms with van der Waals surface area (Å²) in [6, 6.07) is 15.5. The van der Waals surface area contributed by atoms with E-state index in [1.54, 1.807) is 11.0 Å². The number of hydrogen-bond donors (Lipinski definition) is 2. The molecule has 5 heteroatoms. The number of halogens is 1. The zero-order valence-corrected chi connectivity index (χ0v) is 14.8. The van der Waals surface area contributed by atoms with Gasteiger partial charge in [-0.2, -0.15) is 0 Å². The fourth-order valence-corrected chi connectivity index (χ4v) is 3.13. The smallest absolute Gasteiger partial charge is 0.255 e. The highest BCUT2D eigenvalue weighted by atomic mass is 79.9. The van der Waals surface area contributed by atoms with Crippen LogP contribution in [-0.4, -0.2) is 39.1 Å². The first kappa shape index (κ1) is 16.0. The fourth-order valence-electron chi connectivity index (χ4n) is 2.74. The second-order valence-electron chi connectivity index (χ2n) is 5.96. The Bertz CT molecular complexity index is 679. The van der Waals surface area contributed by atoms with E-state index in [4.69, 9.17) is 0 Å². The molecule has 0 atom stereocenters. The lowest BCUT2D eigenvalue weighted by molar-refractivity contribution is -0.880. The predicted octanol–water partition coefficient (Wildman–Crippen LogP) is 2.04. The highest BCUT2D eigenvalue weighted by molar-refractivity contribution is 9.10. The first-order valence-corrected chi connectivity index (χ1v) is 8.64. The number of carbonyl (C=O) groups is 1. The standard InChI is InChI=1S/C18H20BrN3O/c1-21-9-11-22(12-10-21)17-7-5-16(6-8-17)20-18(23)14-3-2-4-15(19)13-14/h2-8,13H,9-12H2,1H3,(H,20,23)/p+1. The maximum Gasteiger partial charge on any atom is 0.255 e. The summed E-state index contributed by atoms with van der Waals surface area (Å²) >= 11 is 3.39. The number of nitrogens with one attached hydrogen (secondary N) is 2. The van der Waals surface area contributed by atoms with Gasteiger partial charge in [-0.3, -0.25) is 4.79 Å². The monoisotopic (exact) mass is 374 g/mol. The normalized spacial score (nSPS) is 15.5. The molecule has 1 aliphatic heterocycles. The lowest BCUT2D eigenvalue weighted by Gasteiger charge is -2.31. The molecule has 0 radical (unpaired) electrons. The van der Waals surface area contributed by atoms with E-state index in [1.807, 2.05) is 30.3 Å². The van der Waals surface area contributed by atoms with E-state index >= 15 is 0 Å². The summed E-state index contributed by atoms with van der Waals surface area (Å²) in [4.78, 5) is 16.2. The molecule has 3 rings (SSSR count). The highest BCUT2D eigenvalue weighted by Gasteiger charge is 2.16. The summed E-state index contributed by atoms with van der Waals surface area (Å²) in [5.74, 6) is -0.0951. The minimum Gasteiger partial charge on any atom is -0.360 e. The molecule has 1 fully saturated rings. The van der Waals surface area contributed by atoms with E-state index in [0.29, 0.717) is 5.56 Å². The number of quaternary nitrogens is 1. The van der Waals surface area contributed by atoms with Crippen LogP contribution in [0, 0.1) is 0 Å². The number of rotatable bonds is 3. The quantitative estimate of drug-likeness (QED) is 0.862. The molecule has 23 heavy (non-hydrogen) atoms. The van der Waals surface area contributed by atoms with Crippen molar-refractivity contribution in [2.24, 2.45) is 0 Å². The van der Waals surface area contributed by atoms with Crippen LogP contribution in [0.4, 0.5) is 11.4 Å². The Morgan fingerprint density at radius 1 is 1.13 bits per heavy atom. The van der Waals surface area contributed by atoms with Crippen LogP contribution in [-0.2, 0) is 0 Å². The molecule has 0 aromatic heterocycles. The van der Waals surface area contributed by atoms with Gasteiger partial charge in [0, 0.05) is 21.4 Å². The first-order valence-electron chi connectivity index (χ1n) is 7.85. The van der Waals surface area contributed by atoms with Crippen molar-refractivity contribution in [2.75, 3.05) is 43.4 Å². The Labute approximate surface area is 145 Å². The van der Waals surface area contributed by atoms with Crippen molar-refractivity contribution in [3.8, 4) is 0 Å². The third kappa shape index (κ3) is 4.12. The SMILES string of the molecule is C[NH+]1CCN(c2ccc(NC(=O)c3cccc(Br)c3)cc2)CC1. The van der Waals surface area contributed by atoms with Crippen molar-refractivity contribution >= 4 is 33.2 Å². The van der Waals surface area contributed by atoms with Crippen LogP contribution < -0.4 is 15.1 Å². The average molecular weight is 375 g/mol. The van der Waals surface area contributed by atoms with E-state index in [-0.39, 0.29) is 5.91 Å². The predicted molar refractivity (Wildman–Crippen MR) is 97.4 cm³/mol. The summed E-state index contributed by atoms with van der Waals surface area (Å²) in [5, 5.41) is 2.94. The number of likely N-dealkylation sites (N-methyl/N-ethyl adjacent to an activating group) is 1. The van der Waals surface area contributed by atoms with Gasteiger partial charge in [0.2, 0.25) is 0 Å². The molecule has 1 amide bonds. The minimum absolute atomic E-state index is 0.0951. The fraction of sp³-hybridized carbons (Fsp3) is 0.278. The van der Waals surface area contributed by atoms with Crippen molar-refractivity contribution < 1.29 is 9.69 Å². The molecule has 0 aliphatic carbocycles. The van der Waals surface area contributed by atoms with Gasteiger partial charge in [-0.25, -0.2) is 0 Å². The van der Waals surface area contributed by atoms with Crippen LogP contribution in [0.2, 0.25) is 0 Å². The first-order chi connectivity index (χ1) is 11.1. The third-order valence-electron chi connectivity index (χ3n) is 4.19. The summed E-state index contributed by atoms with van der Waals surface area (Å²) in [5.41, 5.74) is 2.68. The molecule has 0 unspecified atom stereocenters. The number of benzene rings is 2. The molecule has 2 aromatic carbocycles. The molecule has 4 nitrogen and oxygen atoms in total.